The highest BCUT2D eigenvalue weighted by atomic mass is 16.1. The summed E-state index contributed by atoms with van der Waals surface area (Å²) in [4.78, 5) is 15.3. The normalized spacial score (nSPS) is 15.2. The van der Waals surface area contributed by atoms with Crippen LogP contribution in [0.3, 0.4) is 0 Å². The van der Waals surface area contributed by atoms with E-state index in [1.807, 2.05) is 4.68 Å². The standard InChI is InChI=1S/C16H17N5O/c1-10(22)20-15-4-12(11(6-17)7-18-15)13-8-19-21-9-16(2,3)5-14(13)21/h4,7-8H,5,9H2,1-3H3,(H,18,20,22). The number of rotatable bonds is 2. The Morgan fingerprint density at radius 2 is 2.18 bits per heavy atom. The molecule has 112 valence electrons. The summed E-state index contributed by atoms with van der Waals surface area (Å²) in [5.41, 5.74) is 3.48. The number of pyridine rings is 1. The largest absolute Gasteiger partial charge is 0.311 e. The average Bonchev–Trinajstić information content (AvgIpc) is 2.92. The minimum atomic E-state index is -0.190. The lowest BCUT2D eigenvalue weighted by molar-refractivity contribution is -0.114. The number of carbonyl (C=O) groups is 1. The van der Waals surface area contributed by atoms with Crippen LogP contribution in [0.1, 0.15) is 32.0 Å². The van der Waals surface area contributed by atoms with E-state index in [2.05, 4.69) is 35.3 Å². The first-order chi connectivity index (χ1) is 10.4. The van der Waals surface area contributed by atoms with Gasteiger partial charge >= 0.3 is 0 Å². The van der Waals surface area contributed by atoms with Crippen LogP contribution in [0.15, 0.2) is 18.5 Å². The van der Waals surface area contributed by atoms with Gasteiger partial charge in [-0.3, -0.25) is 9.48 Å². The Morgan fingerprint density at radius 3 is 2.86 bits per heavy atom. The molecular weight excluding hydrogens is 278 g/mol. The van der Waals surface area contributed by atoms with Gasteiger partial charge in [-0.15, -0.1) is 0 Å². The molecule has 0 spiro atoms. The van der Waals surface area contributed by atoms with Gasteiger partial charge in [0.05, 0.1) is 11.8 Å². The second-order valence-electron chi connectivity index (χ2n) is 6.41. The molecule has 0 bridgehead atoms. The number of amides is 1. The predicted octanol–water partition coefficient (Wildman–Crippen LogP) is 2.36. The van der Waals surface area contributed by atoms with Crippen molar-refractivity contribution in [2.24, 2.45) is 5.41 Å². The first-order valence-electron chi connectivity index (χ1n) is 7.12. The van der Waals surface area contributed by atoms with Gasteiger partial charge in [-0.1, -0.05) is 13.8 Å². The maximum Gasteiger partial charge on any atom is 0.222 e. The Labute approximate surface area is 128 Å². The quantitative estimate of drug-likeness (QED) is 0.921. The number of fused-ring (bicyclic) bond motifs is 1. The van der Waals surface area contributed by atoms with Crippen molar-refractivity contribution in [3.05, 3.63) is 29.7 Å². The number of nitrogens with zero attached hydrogens (tertiary/aromatic N) is 4. The van der Waals surface area contributed by atoms with Crippen LogP contribution in [0.5, 0.6) is 0 Å². The zero-order valence-electron chi connectivity index (χ0n) is 12.8. The highest BCUT2D eigenvalue weighted by Gasteiger charge is 2.32. The van der Waals surface area contributed by atoms with Crippen LogP contribution in [0.4, 0.5) is 5.82 Å². The first kappa shape index (κ1) is 14.3. The Morgan fingerprint density at radius 1 is 1.41 bits per heavy atom. The van der Waals surface area contributed by atoms with E-state index in [1.54, 1.807) is 12.3 Å². The number of hydrogen-bond donors (Lipinski definition) is 1. The summed E-state index contributed by atoms with van der Waals surface area (Å²) in [5, 5.41) is 16.4. The van der Waals surface area contributed by atoms with E-state index in [-0.39, 0.29) is 11.3 Å². The van der Waals surface area contributed by atoms with Crippen LogP contribution in [0.2, 0.25) is 0 Å². The fraction of sp³-hybridized carbons (Fsp3) is 0.375. The van der Waals surface area contributed by atoms with Crippen LogP contribution >= 0.6 is 0 Å². The summed E-state index contributed by atoms with van der Waals surface area (Å²) in [7, 11) is 0. The second kappa shape index (κ2) is 4.95. The van der Waals surface area contributed by atoms with Crippen molar-refractivity contribution < 1.29 is 4.79 Å². The molecule has 3 rings (SSSR count). The van der Waals surface area contributed by atoms with E-state index in [0.717, 1.165) is 29.8 Å². The zero-order chi connectivity index (χ0) is 15.9. The molecule has 0 aliphatic carbocycles. The molecule has 3 heterocycles. The lowest BCUT2D eigenvalue weighted by Gasteiger charge is -2.14. The van der Waals surface area contributed by atoms with Gasteiger partial charge in [-0.2, -0.15) is 10.4 Å². The van der Waals surface area contributed by atoms with Crippen LogP contribution in [0, 0.1) is 16.7 Å². The molecule has 6 heteroatoms. The summed E-state index contributed by atoms with van der Waals surface area (Å²) in [6, 6.07) is 3.90. The Hall–Kier alpha value is -2.68. The summed E-state index contributed by atoms with van der Waals surface area (Å²) in [6.07, 6.45) is 4.19. The topological polar surface area (TPSA) is 83.6 Å². The van der Waals surface area contributed by atoms with Crippen molar-refractivity contribution >= 4 is 11.7 Å². The van der Waals surface area contributed by atoms with Crippen molar-refractivity contribution in [1.29, 1.82) is 5.26 Å². The third-order valence-electron chi connectivity index (χ3n) is 3.79. The zero-order valence-corrected chi connectivity index (χ0v) is 12.8. The van der Waals surface area contributed by atoms with E-state index in [1.165, 1.54) is 13.1 Å². The maximum absolute atomic E-state index is 11.2. The molecule has 22 heavy (non-hydrogen) atoms. The van der Waals surface area contributed by atoms with Gasteiger partial charge < -0.3 is 5.32 Å². The van der Waals surface area contributed by atoms with Crippen LogP contribution < -0.4 is 5.32 Å². The number of anilines is 1. The van der Waals surface area contributed by atoms with E-state index in [9.17, 15) is 10.1 Å². The second-order valence-corrected chi connectivity index (χ2v) is 6.41. The molecule has 0 saturated heterocycles. The molecule has 2 aromatic heterocycles. The smallest absolute Gasteiger partial charge is 0.222 e. The lowest BCUT2D eigenvalue weighted by Crippen LogP contribution is -2.12. The van der Waals surface area contributed by atoms with Gasteiger partial charge in [0.2, 0.25) is 5.91 Å². The highest BCUT2D eigenvalue weighted by Crippen LogP contribution is 2.38. The molecule has 1 N–H and O–H groups in total. The molecule has 2 aromatic rings. The molecule has 0 aromatic carbocycles. The third kappa shape index (κ3) is 2.46. The van der Waals surface area contributed by atoms with Crippen molar-refractivity contribution in [2.75, 3.05) is 5.32 Å². The van der Waals surface area contributed by atoms with Gasteiger partial charge in [-0.25, -0.2) is 4.98 Å². The van der Waals surface area contributed by atoms with Crippen molar-refractivity contribution in [1.82, 2.24) is 14.8 Å². The van der Waals surface area contributed by atoms with Crippen molar-refractivity contribution in [3.8, 4) is 17.2 Å². The summed E-state index contributed by atoms with van der Waals surface area (Å²) in [5.74, 6) is 0.253. The van der Waals surface area contributed by atoms with Gasteiger partial charge in [0.1, 0.15) is 11.9 Å². The number of nitrogens with one attached hydrogen (secondary N) is 1. The van der Waals surface area contributed by atoms with Crippen LogP contribution in [-0.4, -0.2) is 20.7 Å². The minimum Gasteiger partial charge on any atom is -0.311 e. The summed E-state index contributed by atoms with van der Waals surface area (Å²) < 4.78 is 2.00. The van der Waals surface area contributed by atoms with Gasteiger partial charge in [-0.05, 0) is 17.9 Å². The fourth-order valence-electron chi connectivity index (χ4n) is 2.89. The number of aromatic nitrogens is 3. The van der Waals surface area contributed by atoms with Gasteiger partial charge in [0.15, 0.2) is 0 Å². The molecular formula is C16H17N5O. The van der Waals surface area contributed by atoms with Crippen LogP contribution in [-0.2, 0) is 17.8 Å². The molecule has 0 saturated carbocycles. The molecule has 1 aliphatic heterocycles. The predicted molar refractivity (Wildman–Crippen MR) is 82.0 cm³/mol. The molecule has 0 fully saturated rings. The van der Waals surface area contributed by atoms with Gasteiger partial charge in [0, 0.05) is 36.5 Å². The highest BCUT2D eigenvalue weighted by molar-refractivity contribution is 5.89. The molecule has 0 unspecified atom stereocenters. The molecule has 0 radical (unpaired) electrons. The average molecular weight is 295 g/mol. The Balaban J connectivity index is 2.09. The van der Waals surface area contributed by atoms with E-state index in [4.69, 9.17) is 0 Å². The summed E-state index contributed by atoms with van der Waals surface area (Å²) >= 11 is 0. The number of carbonyl (C=O) groups excluding carboxylic acids is 1. The summed E-state index contributed by atoms with van der Waals surface area (Å²) in [6.45, 7) is 6.70. The first-order valence-corrected chi connectivity index (χ1v) is 7.12. The van der Waals surface area contributed by atoms with Crippen LogP contribution in [0.25, 0.3) is 11.1 Å². The number of nitriles is 1. The Bertz CT molecular complexity index is 797. The molecule has 1 amide bonds. The SMILES string of the molecule is CC(=O)Nc1cc(-c2cnn3c2CC(C)(C)C3)c(C#N)cn1. The minimum absolute atomic E-state index is 0.165. The Kier molecular flexibility index (Phi) is 3.21. The molecule has 6 nitrogen and oxygen atoms in total. The lowest BCUT2D eigenvalue weighted by atomic mass is 9.89. The monoisotopic (exact) mass is 295 g/mol. The van der Waals surface area contributed by atoms with Crippen molar-refractivity contribution in [2.45, 2.75) is 33.7 Å². The van der Waals surface area contributed by atoms with E-state index >= 15 is 0 Å². The van der Waals surface area contributed by atoms with E-state index < -0.39 is 0 Å². The fourth-order valence-corrected chi connectivity index (χ4v) is 2.89. The van der Waals surface area contributed by atoms with Crippen molar-refractivity contribution in [3.63, 3.8) is 0 Å². The third-order valence-corrected chi connectivity index (χ3v) is 3.79. The number of hydrogen-bond acceptors (Lipinski definition) is 4. The van der Waals surface area contributed by atoms with Gasteiger partial charge in [0.25, 0.3) is 0 Å². The molecule has 1 aliphatic rings. The molecule has 0 atom stereocenters. The maximum atomic E-state index is 11.2. The van der Waals surface area contributed by atoms with E-state index in [0.29, 0.717) is 11.4 Å².